The molecule has 1 aromatic carbocycles. The summed E-state index contributed by atoms with van der Waals surface area (Å²) in [7, 11) is 1.83. The molecule has 0 aliphatic carbocycles. The molecule has 7 nitrogen and oxygen atoms in total. The molecule has 0 fully saturated rings. The number of benzene rings is 1. The van der Waals surface area contributed by atoms with E-state index < -0.39 is 4.92 Å². The number of nitrogens with zero attached hydrogens (tertiary/aromatic N) is 3. The lowest BCUT2D eigenvalue weighted by Crippen LogP contribution is -2.07. The summed E-state index contributed by atoms with van der Waals surface area (Å²) in [4.78, 5) is 21.0. The molecule has 1 heterocycles. The molecule has 0 aliphatic heterocycles. The van der Waals surface area contributed by atoms with Crippen molar-refractivity contribution in [3.8, 4) is 5.75 Å². The predicted octanol–water partition coefficient (Wildman–Crippen LogP) is 1.76. The van der Waals surface area contributed by atoms with E-state index in [0.717, 1.165) is 5.69 Å². The van der Waals surface area contributed by atoms with Gasteiger partial charge in [-0.15, -0.1) is 0 Å². The minimum atomic E-state index is -0.549. The first-order valence-electron chi connectivity index (χ1n) is 5.95. The molecule has 7 heteroatoms. The molecule has 0 bridgehead atoms. The summed E-state index contributed by atoms with van der Waals surface area (Å²) in [5.41, 5.74) is 1.04. The van der Waals surface area contributed by atoms with Crippen molar-refractivity contribution in [2.24, 2.45) is 7.05 Å². The smallest absolute Gasteiger partial charge is 0.270 e. The average Bonchev–Trinajstić information content (AvgIpc) is 2.84. The molecule has 0 atom stereocenters. The number of carbonyl (C=O) groups is 1. The van der Waals surface area contributed by atoms with Crippen LogP contribution in [0.3, 0.4) is 0 Å². The van der Waals surface area contributed by atoms with E-state index in [-0.39, 0.29) is 11.3 Å². The van der Waals surface area contributed by atoms with Crippen molar-refractivity contribution in [1.29, 1.82) is 0 Å². The van der Waals surface area contributed by atoms with E-state index in [2.05, 4.69) is 5.10 Å². The standard InChI is InChI=1S/C13H13N3O4/c1-15-11(4-6-14-15)5-7-20-13-3-2-12(16(18)19)8-10(13)9-17/h2-4,6,8-9H,5,7H2,1H3. The molecular weight excluding hydrogens is 262 g/mol. The van der Waals surface area contributed by atoms with Crippen LogP contribution in [0.15, 0.2) is 30.5 Å². The van der Waals surface area contributed by atoms with Crippen LogP contribution in [0, 0.1) is 10.1 Å². The third-order valence-electron chi connectivity index (χ3n) is 2.87. The molecule has 0 saturated heterocycles. The zero-order valence-electron chi connectivity index (χ0n) is 10.9. The Hall–Kier alpha value is -2.70. The molecular formula is C13H13N3O4. The zero-order chi connectivity index (χ0) is 14.5. The second-order valence-electron chi connectivity index (χ2n) is 4.14. The van der Waals surface area contributed by atoms with Crippen LogP contribution in [-0.2, 0) is 13.5 Å². The highest BCUT2D eigenvalue weighted by molar-refractivity contribution is 5.80. The molecule has 20 heavy (non-hydrogen) atoms. The van der Waals surface area contributed by atoms with Gasteiger partial charge in [0.1, 0.15) is 5.75 Å². The van der Waals surface area contributed by atoms with E-state index in [1.54, 1.807) is 10.9 Å². The van der Waals surface area contributed by atoms with Crippen molar-refractivity contribution in [3.05, 3.63) is 51.8 Å². The first-order chi connectivity index (χ1) is 9.61. The number of aldehydes is 1. The third-order valence-corrected chi connectivity index (χ3v) is 2.87. The number of nitro benzene ring substituents is 1. The van der Waals surface area contributed by atoms with E-state index in [1.165, 1.54) is 18.2 Å². The fourth-order valence-electron chi connectivity index (χ4n) is 1.79. The van der Waals surface area contributed by atoms with Crippen molar-refractivity contribution in [2.45, 2.75) is 6.42 Å². The minimum absolute atomic E-state index is 0.133. The van der Waals surface area contributed by atoms with Gasteiger partial charge in [-0.05, 0) is 12.1 Å². The Labute approximate surface area is 114 Å². The normalized spacial score (nSPS) is 10.2. The third kappa shape index (κ3) is 3.00. The largest absolute Gasteiger partial charge is 0.492 e. The highest BCUT2D eigenvalue weighted by Crippen LogP contribution is 2.22. The maximum atomic E-state index is 10.9. The maximum Gasteiger partial charge on any atom is 0.270 e. The second-order valence-corrected chi connectivity index (χ2v) is 4.14. The topological polar surface area (TPSA) is 87.3 Å². The van der Waals surface area contributed by atoms with Crippen molar-refractivity contribution in [3.63, 3.8) is 0 Å². The van der Waals surface area contributed by atoms with Gasteiger partial charge in [-0.25, -0.2) is 0 Å². The molecule has 0 radical (unpaired) electrons. The van der Waals surface area contributed by atoms with E-state index in [1.807, 2.05) is 13.1 Å². The molecule has 0 amide bonds. The lowest BCUT2D eigenvalue weighted by atomic mass is 10.2. The van der Waals surface area contributed by atoms with Gasteiger partial charge in [-0.2, -0.15) is 5.10 Å². The number of aromatic nitrogens is 2. The molecule has 0 saturated carbocycles. The molecule has 2 rings (SSSR count). The fraction of sp³-hybridized carbons (Fsp3) is 0.231. The number of hydrogen-bond donors (Lipinski definition) is 0. The summed E-state index contributed by atoms with van der Waals surface area (Å²) >= 11 is 0. The van der Waals surface area contributed by atoms with Gasteiger partial charge in [0.25, 0.3) is 5.69 Å². The van der Waals surface area contributed by atoms with Crippen LogP contribution in [0.5, 0.6) is 5.75 Å². The minimum Gasteiger partial charge on any atom is -0.492 e. The van der Waals surface area contributed by atoms with Crippen molar-refractivity contribution in [1.82, 2.24) is 9.78 Å². The van der Waals surface area contributed by atoms with Gasteiger partial charge in [-0.3, -0.25) is 19.6 Å². The highest BCUT2D eigenvalue weighted by Gasteiger charge is 2.11. The van der Waals surface area contributed by atoms with Crippen LogP contribution in [-0.4, -0.2) is 27.6 Å². The SMILES string of the molecule is Cn1nccc1CCOc1ccc([N+](=O)[O-])cc1C=O. The van der Waals surface area contributed by atoms with Crippen LogP contribution < -0.4 is 4.74 Å². The molecule has 0 unspecified atom stereocenters. The molecule has 104 valence electrons. The van der Waals surface area contributed by atoms with Gasteiger partial charge in [0.15, 0.2) is 6.29 Å². The van der Waals surface area contributed by atoms with Crippen LogP contribution in [0.25, 0.3) is 0 Å². The summed E-state index contributed by atoms with van der Waals surface area (Å²) in [6.45, 7) is 0.359. The Morgan fingerprint density at radius 1 is 1.45 bits per heavy atom. The van der Waals surface area contributed by atoms with Crippen LogP contribution in [0.2, 0.25) is 0 Å². The van der Waals surface area contributed by atoms with E-state index in [4.69, 9.17) is 4.74 Å². The number of hydrogen-bond acceptors (Lipinski definition) is 5. The van der Waals surface area contributed by atoms with E-state index in [0.29, 0.717) is 25.1 Å². The first kappa shape index (κ1) is 13.7. The predicted molar refractivity (Wildman–Crippen MR) is 70.9 cm³/mol. The monoisotopic (exact) mass is 275 g/mol. The van der Waals surface area contributed by atoms with Gasteiger partial charge >= 0.3 is 0 Å². The highest BCUT2D eigenvalue weighted by atomic mass is 16.6. The Bertz CT molecular complexity index is 636. The Kier molecular flexibility index (Phi) is 4.09. The number of non-ortho nitro benzene ring substituents is 1. The lowest BCUT2D eigenvalue weighted by molar-refractivity contribution is -0.384. The number of rotatable bonds is 6. The van der Waals surface area contributed by atoms with Crippen LogP contribution in [0.1, 0.15) is 16.1 Å². The number of aryl methyl sites for hydroxylation is 1. The maximum absolute atomic E-state index is 10.9. The first-order valence-corrected chi connectivity index (χ1v) is 5.95. The second kappa shape index (κ2) is 5.96. The molecule has 0 aliphatic rings. The Morgan fingerprint density at radius 2 is 2.25 bits per heavy atom. The summed E-state index contributed by atoms with van der Waals surface area (Å²) in [5, 5.41) is 14.7. The van der Waals surface area contributed by atoms with Crippen molar-refractivity contribution < 1.29 is 14.5 Å². The van der Waals surface area contributed by atoms with E-state index in [9.17, 15) is 14.9 Å². The van der Waals surface area contributed by atoms with Crippen LogP contribution >= 0.6 is 0 Å². The number of ether oxygens (including phenoxy) is 1. The Morgan fingerprint density at radius 3 is 2.85 bits per heavy atom. The lowest BCUT2D eigenvalue weighted by Gasteiger charge is -2.08. The molecule has 1 aromatic heterocycles. The summed E-state index contributed by atoms with van der Waals surface area (Å²) in [6, 6.07) is 5.82. The zero-order valence-corrected chi connectivity index (χ0v) is 10.9. The molecule has 2 aromatic rings. The van der Waals surface area contributed by atoms with E-state index >= 15 is 0 Å². The Balaban J connectivity index is 2.04. The molecule has 0 spiro atoms. The number of carbonyl (C=O) groups excluding carboxylic acids is 1. The summed E-state index contributed by atoms with van der Waals surface area (Å²) < 4.78 is 7.23. The van der Waals surface area contributed by atoms with Gasteiger partial charge in [-0.1, -0.05) is 0 Å². The van der Waals surface area contributed by atoms with Crippen LogP contribution in [0.4, 0.5) is 5.69 Å². The van der Waals surface area contributed by atoms with Gasteiger partial charge in [0.2, 0.25) is 0 Å². The van der Waals surface area contributed by atoms with Crippen molar-refractivity contribution >= 4 is 12.0 Å². The van der Waals surface area contributed by atoms with Gasteiger partial charge < -0.3 is 4.74 Å². The summed E-state index contributed by atoms with van der Waals surface area (Å²) in [5.74, 6) is 0.341. The van der Waals surface area contributed by atoms with Gasteiger partial charge in [0.05, 0.1) is 17.1 Å². The fourth-order valence-corrected chi connectivity index (χ4v) is 1.79. The molecule has 0 N–H and O–H groups in total. The summed E-state index contributed by atoms with van der Waals surface area (Å²) in [6.07, 6.45) is 2.87. The van der Waals surface area contributed by atoms with Gasteiger partial charge in [0, 0.05) is 37.5 Å². The number of nitro groups is 1. The average molecular weight is 275 g/mol. The van der Waals surface area contributed by atoms with Crippen molar-refractivity contribution in [2.75, 3.05) is 6.61 Å². The quantitative estimate of drug-likeness (QED) is 0.455.